The summed E-state index contributed by atoms with van der Waals surface area (Å²) in [6, 6.07) is -5.60. The van der Waals surface area contributed by atoms with E-state index < -0.39 is 215 Å². The Labute approximate surface area is 607 Å². The van der Waals surface area contributed by atoms with Crippen LogP contribution >= 0.6 is 0 Å². The number of carboxylic acid groups (broad SMARTS) is 8. The first kappa shape index (κ1) is 91.4. The van der Waals surface area contributed by atoms with E-state index >= 15 is 4.11 Å². The van der Waals surface area contributed by atoms with E-state index in [2.05, 4.69) is 37.2 Å². The maximum Gasteiger partial charge on any atom is 0.326 e. The van der Waals surface area contributed by atoms with Crippen LogP contribution in [0.15, 0.2) is 24.3 Å². The molecule has 38 nitrogen and oxygen atoms in total. The normalized spacial score (nSPS) is 15.5. The number of benzene rings is 1. The summed E-state index contributed by atoms with van der Waals surface area (Å²) in [5.41, 5.74) is 5.35. The topological polar surface area (TPSA) is 582 Å². The largest absolute Gasteiger partial charge is 0.481 e. The van der Waals surface area contributed by atoms with Gasteiger partial charge in [-0.15, -0.1) is 0 Å². The van der Waals surface area contributed by atoms with Gasteiger partial charge in [-0.1, -0.05) is 60.1 Å². The lowest BCUT2D eigenvalue weighted by Gasteiger charge is -2.44. The maximum atomic E-state index is 17.2. The van der Waals surface area contributed by atoms with Crippen LogP contribution in [0.2, 0.25) is 10.1 Å². The SMILES string of the molecule is CC(C)(C)[Si](F)(c1ccc(C(=O)NCC(NC(=O)C(CCCNC(N)=O)NC(=O)CCC(C(=O)O)N2CCN(CC(=O)O)CCN(CC(=O)O)CCN(CC(=O)O)CC2)C(=O)NCCCCCC(=O)NCCCC(NC(=O)CC[C@H](NC(=O)N[C@@H](CCC(=O)O)C(=O)O)C(=O)O)C(=O)O)cc1)C(C)(C)C. The highest BCUT2D eigenvalue weighted by atomic mass is 28.4. The van der Waals surface area contributed by atoms with Crippen LogP contribution in [-0.2, 0) is 62.3 Å². The zero-order valence-electron chi connectivity index (χ0n) is 60.1. The van der Waals surface area contributed by atoms with Crippen molar-refractivity contribution in [1.29, 1.82) is 0 Å². The van der Waals surface area contributed by atoms with E-state index in [1.54, 1.807) is 12.1 Å². The number of nitrogens with two attached hydrogens (primary N) is 1. The number of primary amides is 1. The number of hydrogen-bond acceptors (Lipinski definition) is 20. The molecule has 4 unspecified atom stereocenters. The second-order valence-electron chi connectivity index (χ2n) is 27.4. The van der Waals surface area contributed by atoms with E-state index in [1.807, 2.05) is 52.2 Å². The lowest BCUT2D eigenvalue weighted by atomic mass is 10.1. The minimum absolute atomic E-state index is 0.00947. The Morgan fingerprint density at radius 3 is 1.30 bits per heavy atom. The van der Waals surface area contributed by atoms with E-state index in [0.717, 1.165) is 0 Å². The molecule has 0 aliphatic carbocycles. The molecule has 19 N–H and O–H groups in total. The highest BCUT2D eigenvalue weighted by molar-refractivity contribution is 6.90. The summed E-state index contributed by atoms with van der Waals surface area (Å²) in [5.74, 6) is -15.7. The Bertz CT molecular complexity index is 3110. The summed E-state index contributed by atoms with van der Waals surface area (Å²) >= 11 is 0. The molecule has 10 amide bonds. The molecule has 2 rings (SSSR count). The number of halogens is 1. The standard InChI is InChI=1S/C65H105FN14O24Si/c1-64(2,3)105(66,65(4,5)6)41-17-15-40(16-18-41)55(92)71-36-46(56(93)69-25-9-7-8-14-48(81)68-26-11-13-43(58(95)96)73-49(82)22-19-44(59(97)98)75-63(104)76-45(60(99)100)20-24-51(84)85)74-57(94)42(12-10-27-70-62(67)103)72-50(83)23-21-47(61(101)102)80-34-32-78(38-53(88)89)30-28-77(37-52(86)87)29-31-79(33-35-80)39-54(90)91/h15-18,42-47H,7-14,19-39H2,1-6H3,(H,68,81)(H,69,93)(H,71,92)(H,72,83)(H,73,82)(H,74,94)(H,84,85)(H,86,87)(H,88,89)(H,90,91)(H,95,96)(H,97,98)(H,99,100)(H,101,102)(H3,67,70,103)(H2,75,76,104)/t42?,43?,44-,45-,46?,47?/m0/s1. The van der Waals surface area contributed by atoms with Crippen molar-refractivity contribution in [1.82, 2.24) is 67.5 Å². The van der Waals surface area contributed by atoms with Crippen molar-refractivity contribution in [3.8, 4) is 0 Å². The molecule has 1 aliphatic heterocycles. The van der Waals surface area contributed by atoms with E-state index in [9.17, 15) is 112 Å². The molecule has 590 valence electrons. The molecule has 6 atom stereocenters. The predicted molar refractivity (Wildman–Crippen MR) is 374 cm³/mol. The number of hydrogen-bond donors (Lipinski definition) is 18. The quantitative estimate of drug-likeness (QED) is 0.0196. The van der Waals surface area contributed by atoms with Crippen molar-refractivity contribution < 1.29 is 122 Å². The molecule has 1 fully saturated rings. The molecule has 40 heteroatoms. The van der Waals surface area contributed by atoms with E-state index in [-0.39, 0.29) is 123 Å². The van der Waals surface area contributed by atoms with Gasteiger partial charge in [0.1, 0.15) is 36.3 Å². The average molecular weight is 1510 g/mol. The van der Waals surface area contributed by atoms with Gasteiger partial charge in [-0.2, -0.15) is 0 Å². The summed E-state index contributed by atoms with van der Waals surface area (Å²) < 4.78 is 17.2. The van der Waals surface area contributed by atoms with Gasteiger partial charge in [-0.05, 0) is 85.2 Å². The van der Waals surface area contributed by atoms with E-state index in [1.165, 1.54) is 31.7 Å². The third-order valence-electron chi connectivity index (χ3n) is 17.2. The van der Waals surface area contributed by atoms with Gasteiger partial charge in [0.25, 0.3) is 14.3 Å². The molecule has 0 aromatic heterocycles. The van der Waals surface area contributed by atoms with E-state index in [4.69, 9.17) is 10.8 Å². The van der Waals surface area contributed by atoms with Gasteiger partial charge < -0.3 is 98.5 Å². The van der Waals surface area contributed by atoms with Crippen LogP contribution in [0.1, 0.15) is 142 Å². The highest BCUT2D eigenvalue weighted by Gasteiger charge is 2.56. The van der Waals surface area contributed by atoms with Gasteiger partial charge in [0, 0.05) is 110 Å². The van der Waals surface area contributed by atoms with Crippen molar-refractivity contribution in [2.24, 2.45) is 5.73 Å². The number of nitrogens with zero attached hydrogens (tertiary/aromatic N) is 4. The Morgan fingerprint density at radius 2 is 0.857 bits per heavy atom. The molecule has 1 aliphatic rings. The molecule has 1 aromatic rings. The third-order valence-corrected chi connectivity index (χ3v) is 22.4. The summed E-state index contributed by atoms with van der Waals surface area (Å²) in [4.78, 5) is 206. The Hall–Kier alpha value is -9.67. The zero-order valence-corrected chi connectivity index (χ0v) is 61.1. The molecule has 1 heterocycles. The summed E-state index contributed by atoms with van der Waals surface area (Å²) in [7, 11) is -3.76. The molecule has 105 heavy (non-hydrogen) atoms. The van der Waals surface area contributed by atoms with Crippen molar-refractivity contribution in [2.45, 2.75) is 178 Å². The second kappa shape index (κ2) is 45.5. The van der Waals surface area contributed by atoms with E-state index in [0.29, 0.717) is 11.6 Å². The van der Waals surface area contributed by atoms with Gasteiger partial charge in [-0.25, -0.2) is 24.0 Å². The molecular formula is C65H105FN14O24Si. The van der Waals surface area contributed by atoms with Gasteiger partial charge in [-0.3, -0.25) is 72.3 Å². The van der Waals surface area contributed by atoms with Gasteiger partial charge in [0.2, 0.25) is 29.5 Å². The molecular weight excluding hydrogens is 1410 g/mol. The molecule has 0 saturated carbocycles. The van der Waals surface area contributed by atoms with Crippen molar-refractivity contribution >= 4 is 109 Å². The van der Waals surface area contributed by atoms with Crippen molar-refractivity contribution in [2.75, 3.05) is 98.2 Å². The minimum atomic E-state index is -3.76. The summed E-state index contributed by atoms with van der Waals surface area (Å²) in [6.07, 6.45) is -2.69. The van der Waals surface area contributed by atoms with Crippen LogP contribution in [0.5, 0.6) is 0 Å². The first-order chi connectivity index (χ1) is 49.0. The summed E-state index contributed by atoms with van der Waals surface area (Å²) in [6.45, 7) is 8.73. The first-order valence-electron chi connectivity index (χ1n) is 34.4. The number of rotatable bonds is 45. The van der Waals surface area contributed by atoms with Crippen LogP contribution in [0, 0.1) is 0 Å². The molecule has 1 saturated heterocycles. The fraction of sp³-hybridized carbons (Fsp3) is 0.662. The number of aliphatic carboxylic acids is 8. The molecule has 1 aromatic carbocycles. The lowest BCUT2D eigenvalue weighted by molar-refractivity contribution is -0.145. The second-order valence-corrected chi connectivity index (χ2v) is 32.3. The first-order valence-corrected chi connectivity index (χ1v) is 36.2. The Morgan fingerprint density at radius 1 is 0.429 bits per heavy atom. The number of urea groups is 2. The summed E-state index contributed by atoms with van der Waals surface area (Å²) in [5, 5.41) is 97.5. The van der Waals surface area contributed by atoms with Crippen LogP contribution in [0.25, 0.3) is 0 Å². The van der Waals surface area contributed by atoms with Gasteiger partial charge in [0.15, 0.2) is 0 Å². The third kappa shape index (κ3) is 35.1. The molecule has 0 bridgehead atoms. The number of amides is 10. The van der Waals surface area contributed by atoms with Crippen LogP contribution in [0.3, 0.4) is 0 Å². The number of nitrogens with one attached hydrogen (secondary N) is 9. The molecule has 0 radical (unpaired) electrons. The number of carbonyl (C=O) groups excluding carboxylic acids is 8. The Balaban J connectivity index is 2.27. The maximum absolute atomic E-state index is 17.2. The number of unbranched alkanes of at least 4 members (excludes halogenated alkanes) is 2. The highest BCUT2D eigenvalue weighted by Crippen LogP contribution is 2.51. The monoisotopic (exact) mass is 1510 g/mol. The van der Waals surface area contributed by atoms with Crippen LogP contribution < -0.4 is 58.8 Å². The van der Waals surface area contributed by atoms with Crippen LogP contribution in [0.4, 0.5) is 13.7 Å². The fourth-order valence-corrected chi connectivity index (χ4v) is 16.4. The number of carbonyl (C=O) groups is 16. The molecule has 0 spiro atoms. The van der Waals surface area contributed by atoms with Gasteiger partial charge >= 0.3 is 59.8 Å². The number of carboxylic acids is 8. The predicted octanol–water partition coefficient (Wildman–Crippen LogP) is -1.74. The smallest absolute Gasteiger partial charge is 0.326 e. The lowest BCUT2D eigenvalue weighted by Crippen LogP contribution is -2.58. The fourth-order valence-electron chi connectivity index (χ4n) is 11.8. The van der Waals surface area contributed by atoms with Crippen molar-refractivity contribution in [3.63, 3.8) is 0 Å². The van der Waals surface area contributed by atoms with Crippen molar-refractivity contribution in [3.05, 3.63) is 29.8 Å². The van der Waals surface area contributed by atoms with Gasteiger partial charge in [0.05, 0.1) is 19.6 Å². The van der Waals surface area contributed by atoms with Crippen LogP contribution in [-0.4, -0.2) is 299 Å². The average Bonchev–Trinajstić information content (AvgIpc) is 0.748. The minimum Gasteiger partial charge on any atom is -0.481 e. The zero-order chi connectivity index (χ0) is 79.4. The Kier molecular flexibility index (Phi) is 39.6.